The minimum atomic E-state index is 0.289. The molecule has 0 spiro atoms. The zero-order valence-corrected chi connectivity index (χ0v) is 6.62. The molecular formula is C9H9N3. The van der Waals surface area contributed by atoms with Crippen LogP contribution < -0.4 is 5.73 Å². The van der Waals surface area contributed by atoms with Gasteiger partial charge >= 0.3 is 0 Å². The second-order valence-electron chi connectivity index (χ2n) is 2.34. The second kappa shape index (κ2) is 3.54. The maximum absolute atomic E-state index is 8.55. The van der Waals surface area contributed by atoms with Gasteiger partial charge < -0.3 is 5.73 Å². The number of hydrogen-bond donors (Lipinski definition) is 1. The van der Waals surface area contributed by atoms with E-state index in [1.54, 1.807) is 18.2 Å². The number of anilines is 1. The predicted molar refractivity (Wildman–Crippen MR) is 47.3 cm³/mol. The van der Waals surface area contributed by atoms with Crippen LogP contribution in [0.5, 0.6) is 0 Å². The second-order valence-corrected chi connectivity index (χ2v) is 2.34. The third-order valence-electron chi connectivity index (χ3n) is 1.46. The van der Waals surface area contributed by atoms with E-state index in [4.69, 9.17) is 11.0 Å². The van der Waals surface area contributed by atoms with E-state index >= 15 is 0 Å². The minimum Gasteiger partial charge on any atom is -0.383 e. The van der Waals surface area contributed by atoms with Crippen LogP contribution in [0.1, 0.15) is 11.3 Å². The summed E-state index contributed by atoms with van der Waals surface area (Å²) >= 11 is 0. The van der Waals surface area contributed by atoms with Crippen LogP contribution in [0.15, 0.2) is 24.8 Å². The lowest BCUT2D eigenvalue weighted by Crippen LogP contribution is -1.97. The highest BCUT2D eigenvalue weighted by Gasteiger charge is 1.99. The zero-order chi connectivity index (χ0) is 8.97. The number of aromatic nitrogens is 1. The van der Waals surface area contributed by atoms with Gasteiger partial charge in [-0.25, -0.2) is 4.98 Å². The Morgan fingerprint density at radius 2 is 2.42 bits per heavy atom. The average Bonchev–Trinajstić information content (AvgIpc) is 2.05. The molecule has 0 bridgehead atoms. The summed E-state index contributed by atoms with van der Waals surface area (Å²) in [7, 11) is 0. The number of nitrogens with zero attached hydrogens (tertiary/aromatic N) is 2. The first-order valence-electron chi connectivity index (χ1n) is 3.54. The van der Waals surface area contributed by atoms with Crippen molar-refractivity contribution in [1.82, 2.24) is 4.98 Å². The first-order chi connectivity index (χ1) is 5.77. The summed E-state index contributed by atoms with van der Waals surface area (Å²) in [5.41, 5.74) is 6.75. The summed E-state index contributed by atoms with van der Waals surface area (Å²) in [4.78, 5) is 4.02. The number of pyridine rings is 1. The van der Waals surface area contributed by atoms with Gasteiger partial charge in [-0.3, -0.25) is 0 Å². The molecule has 0 unspecified atom stereocenters. The van der Waals surface area contributed by atoms with E-state index in [0.717, 1.165) is 5.69 Å². The largest absolute Gasteiger partial charge is 0.383 e. The predicted octanol–water partition coefficient (Wildman–Crippen LogP) is 1.26. The Morgan fingerprint density at radius 1 is 1.67 bits per heavy atom. The molecule has 0 saturated heterocycles. The van der Waals surface area contributed by atoms with Gasteiger partial charge in [0.15, 0.2) is 0 Å². The first kappa shape index (κ1) is 8.28. The summed E-state index contributed by atoms with van der Waals surface area (Å²) in [6.45, 7) is 3.58. The van der Waals surface area contributed by atoms with Crippen LogP contribution in [0, 0.1) is 11.3 Å². The van der Waals surface area contributed by atoms with Crippen molar-refractivity contribution in [3.63, 3.8) is 0 Å². The molecule has 0 fully saturated rings. The normalized spacial score (nSPS) is 8.92. The SMILES string of the molecule is C=CCc1ccc(C#N)c(N)n1. The van der Waals surface area contributed by atoms with E-state index in [-0.39, 0.29) is 5.82 Å². The molecule has 60 valence electrons. The van der Waals surface area contributed by atoms with Crippen LogP contribution >= 0.6 is 0 Å². The summed E-state index contributed by atoms with van der Waals surface area (Å²) < 4.78 is 0. The molecule has 0 amide bonds. The molecule has 1 aromatic heterocycles. The maximum Gasteiger partial charge on any atom is 0.141 e. The van der Waals surface area contributed by atoms with Crippen molar-refractivity contribution in [2.75, 3.05) is 5.73 Å². The fourth-order valence-electron chi connectivity index (χ4n) is 0.873. The average molecular weight is 159 g/mol. The molecule has 1 aromatic rings. The third-order valence-corrected chi connectivity index (χ3v) is 1.46. The van der Waals surface area contributed by atoms with Gasteiger partial charge in [-0.05, 0) is 12.1 Å². The summed E-state index contributed by atoms with van der Waals surface area (Å²) in [5, 5.41) is 8.55. The Hall–Kier alpha value is -1.82. The Bertz CT molecular complexity index is 336. The maximum atomic E-state index is 8.55. The minimum absolute atomic E-state index is 0.289. The van der Waals surface area contributed by atoms with Crippen LogP contribution in [-0.2, 0) is 6.42 Å². The lowest BCUT2D eigenvalue weighted by molar-refractivity contribution is 1.11. The van der Waals surface area contributed by atoms with Gasteiger partial charge in [0.25, 0.3) is 0 Å². The van der Waals surface area contributed by atoms with E-state index < -0.39 is 0 Å². The lowest BCUT2D eigenvalue weighted by atomic mass is 10.2. The monoisotopic (exact) mass is 159 g/mol. The smallest absolute Gasteiger partial charge is 0.141 e. The van der Waals surface area contributed by atoms with Crippen molar-refractivity contribution in [2.45, 2.75) is 6.42 Å². The molecule has 0 aliphatic carbocycles. The topological polar surface area (TPSA) is 62.7 Å². The van der Waals surface area contributed by atoms with Crippen molar-refractivity contribution in [1.29, 1.82) is 5.26 Å². The quantitative estimate of drug-likeness (QED) is 0.661. The van der Waals surface area contributed by atoms with Crippen molar-refractivity contribution in [3.05, 3.63) is 36.0 Å². The molecule has 0 aromatic carbocycles. The fraction of sp³-hybridized carbons (Fsp3) is 0.111. The molecule has 0 atom stereocenters. The molecule has 0 radical (unpaired) electrons. The Balaban J connectivity index is 3.03. The van der Waals surface area contributed by atoms with Crippen LogP contribution in [0.3, 0.4) is 0 Å². The van der Waals surface area contributed by atoms with Gasteiger partial charge in [0, 0.05) is 12.1 Å². The van der Waals surface area contributed by atoms with Crippen LogP contribution in [0.2, 0.25) is 0 Å². The molecular weight excluding hydrogens is 150 g/mol. The Kier molecular flexibility index (Phi) is 2.44. The molecule has 0 aliphatic heterocycles. The molecule has 0 saturated carbocycles. The Morgan fingerprint density at radius 3 is 2.92 bits per heavy atom. The van der Waals surface area contributed by atoms with Crippen molar-refractivity contribution in [3.8, 4) is 6.07 Å². The number of hydrogen-bond acceptors (Lipinski definition) is 3. The van der Waals surface area contributed by atoms with Crippen LogP contribution in [0.25, 0.3) is 0 Å². The summed E-state index contributed by atoms with van der Waals surface area (Å²) in [6.07, 6.45) is 2.42. The van der Waals surface area contributed by atoms with E-state index in [0.29, 0.717) is 12.0 Å². The standard InChI is InChI=1S/C9H9N3/c1-2-3-8-5-4-7(6-10)9(11)12-8/h2,4-5H,1,3H2,(H2,11,12). The highest BCUT2D eigenvalue weighted by Crippen LogP contribution is 2.08. The van der Waals surface area contributed by atoms with E-state index in [1.165, 1.54) is 0 Å². The molecule has 3 heteroatoms. The van der Waals surface area contributed by atoms with Gasteiger partial charge in [0.05, 0.1) is 5.56 Å². The van der Waals surface area contributed by atoms with Gasteiger partial charge in [-0.15, -0.1) is 6.58 Å². The molecule has 0 aliphatic rings. The zero-order valence-electron chi connectivity index (χ0n) is 6.62. The van der Waals surface area contributed by atoms with Gasteiger partial charge in [-0.2, -0.15) is 5.26 Å². The third kappa shape index (κ3) is 1.61. The Labute approximate surface area is 71.2 Å². The summed E-state index contributed by atoms with van der Waals surface area (Å²) in [5.74, 6) is 0.289. The van der Waals surface area contributed by atoms with Gasteiger partial charge in [-0.1, -0.05) is 6.08 Å². The summed E-state index contributed by atoms with van der Waals surface area (Å²) in [6, 6.07) is 5.39. The highest BCUT2D eigenvalue weighted by molar-refractivity contribution is 5.48. The van der Waals surface area contributed by atoms with Crippen LogP contribution in [-0.4, -0.2) is 4.98 Å². The first-order valence-corrected chi connectivity index (χ1v) is 3.54. The highest BCUT2D eigenvalue weighted by atomic mass is 14.8. The molecule has 1 rings (SSSR count). The van der Waals surface area contributed by atoms with Crippen molar-refractivity contribution < 1.29 is 0 Å². The molecule has 2 N–H and O–H groups in total. The van der Waals surface area contributed by atoms with Gasteiger partial charge in [0.1, 0.15) is 11.9 Å². The van der Waals surface area contributed by atoms with Crippen LogP contribution in [0.4, 0.5) is 5.82 Å². The van der Waals surface area contributed by atoms with Gasteiger partial charge in [0.2, 0.25) is 0 Å². The molecule has 1 heterocycles. The van der Waals surface area contributed by atoms with Crippen molar-refractivity contribution >= 4 is 5.82 Å². The lowest BCUT2D eigenvalue weighted by Gasteiger charge is -1.98. The van der Waals surface area contributed by atoms with E-state index in [2.05, 4.69) is 11.6 Å². The number of nitriles is 1. The fourth-order valence-corrected chi connectivity index (χ4v) is 0.873. The number of nitrogens with two attached hydrogens (primary N) is 1. The van der Waals surface area contributed by atoms with Crippen molar-refractivity contribution in [2.24, 2.45) is 0 Å². The number of nitrogen functional groups attached to an aromatic ring is 1. The molecule has 12 heavy (non-hydrogen) atoms. The van der Waals surface area contributed by atoms with E-state index in [1.807, 2.05) is 6.07 Å². The number of rotatable bonds is 2. The molecule has 3 nitrogen and oxygen atoms in total. The number of allylic oxidation sites excluding steroid dienone is 1. The van der Waals surface area contributed by atoms with E-state index in [9.17, 15) is 0 Å².